The molecule has 0 radical (unpaired) electrons. The number of carbonyl (C=O) groups is 1. The van der Waals surface area contributed by atoms with Crippen molar-refractivity contribution >= 4 is 35.8 Å². The van der Waals surface area contributed by atoms with Gasteiger partial charge in [-0.1, -0.05) is 18.9 Å². The van der Waals surface area contributed by atoms with Crippen molar-refractivity contribution in [3.05, 3.63) is 29.6 Å². The van der Waals surface area contributed by atoms with Gasteiger partial charge in [0.25, 0.3) is 0 Å². The van der Waals surface area contributed by atoms with Crippen molar-refractivity contribution < 1.29 is 13.9 Å². The first-order valence-corrected chi connectivity index (χ1v) is 9.29. The number of hydrogen-bond donors (Lipinski definition) is 1. The molecule has 6 nitrogen and oxygen atoms in total. The van der Waals surface area contributed by atoms with E-state index in [0.29, 0.717) is 19.0 Å². The van der Waals surface area contributed by atoms with Gasteiger partial charge in [0.1, 0.15) is 0 Å². The number of aliphatic imine (C=N–C) groups is 1. The number of hydrogen-bond acceptors (Lipinski definition) is 3. The van der Waals surface area contributed by atoms with E-state index in [0.717, 1.165) is 31.2 Å². The first-order valence-electron chi connectivity index (χ1n) is 9.29. The van der Waals surface area contributed by atoms with E-state index in [9.17, 15) is 9.18 Å². The molecule has 1 saturated carbocycles. The number of carbonyl (C=O) groups excluding carboxylic acids is 1. The summed E-state index contributed by atoms with van der Waals surface area (Å²) in [6.45, 7) is 1.05. The molecule has 1 fully saturated rings. The van der Waals surface area contributed by atoms with Crippen molar-refractivity contribution in [3.8, 4) is 5.75 Å². The molecule has 0 aliphatic heterocycles. The van der Waals surface area contributed by atoms with Crippen LogP contribution in [0, 0.1) is 11.2 Å². The number of benzene rings is 1. The summed E-state index contributed by atoms with van der Waals surface area (Å²) >= 11 is 0. The van der Waals surface area contributed by atoms with E-state index in [1.54, 1.807) is 18.0 Å². The largest absolute Gasteiger partial charge is 0.494 e. The highest BCUT2D eigenvalue weighted by molar-refractivity contribution is 14.0. The van der Waals surface area contributed by atoms with Gasteiger partial charge in [-0.2, -0.15) is 0 Å². The third-order valence-electron chi connectivity index (χ3n) is 5.21. The van der Waals surface area contributed by atoms with Gasteiger partial charge < -0.3 is 19.9 Å². The molecule has 0 saturated heterocycles. The van der Waals surface area contributed by atoms with Gasteiger partial charge in [-0.05, 0) is 30.5 Å². The standard InChI is InChI=1S/C20H31FN4O2.HI/c1-22-19(23-14-20(10-6-7-11-20)18(26)24(2)3)25(4)13-15-8-9-17(27-5)16(21)12-15;/h8-9,12H,6-7,10-11,13-14H2,1-5H3,(H,22,23);1H. The predicted molar refractivity (Wildman–Crippen MR) is 121 cm³/mol. The van der Waals surface area contributed by atoms with Crippen LogP contribution in [-0.4, -0.2) is 63.5 Å². The summed E-state index contributed by atoms with van der Waals surface area (Å²) in [6.07, 6.45) is 3.92. The average molecular weight is 506 g/mol. The van der Waals surface area contributed by atoms with E-state index in [2.05, 4.69) is 10.3 Å². The van der Waals surface area contributed by atoms with Gasteiger partial charge in [-0.15, -0.1) is 24.0 Å². The van der Waals surface area contributed by atoms with Gasteiger partial charge in [-0.3, -0.25) is 9.79 Å². The Morgan fingerprint density at radius 1 is 1.29 bits per heavy atom. The average Bonchev–Trinajstić information content (AvgIpc) is 3.11. The smallest absolute Gasteiger partial charge is 0.230 e. The normalized spacial score (nSPS) is 15.6. The maximum Gasteiger partial charge on any atom is 0.230 e. The van der Waals surface area contributed by atoms with Crippen LogP contribution in [0.4, 0.5) is 4.39 Å². The Morgan fingerprint density at radius 3 is 2.43 bits per heavy atom. The zero-order chi connectivity index (χ0) is 20.0. The molecular formula is C20H32FIN4O2. The van der Waals surface area contributed by atoms with Gasteiger partial charge >= 0.3 is 0 Å². The number of rotatable bonds is 6. The van der Waals surface area contributed by atoms with Crippen molar-refractivity contribution in [1.29, 1.82) is 0 Å². The van der Waals surface area contributed by atoms with Gasteiger partial charge in [0.15, 0.2) is 17.5 Å². The number of ether oxygens (including phenoxy) is 1. The molecule has 0 unspecified atom stereocenters. The molecule has 2 rings (SSSR count). The van der Waals surface area contributed by atoms with Crippen LogP contribution >= 0.6 is 24.0 Å². The van der Waals surface area contributed by atoms with Gasteiger partial charge in [0.2, 0.25) is 5.91 Å². The van der Waals surface area contributed by atoms with Crippen LogP contribution in [0.2, 0.25) is 0 Å². The van der Waals surface area contributed by atoms with Crippen molar-refractivity contribution in [2.75, 3.05) is 41.8 Å². The number of halogens is 2. The van der Waals surface area contributed by atoms with Gasteiger partial charge in [-0.25, -0.2) is 4.39 Å². The van der Waals surface area contributed by atoms with Crippen LogP contribution in [0.1, 0.15) is 31.2 Å². The second kappa shape index (κ2) is 10.8. The zero-order valence-electron chi connectivity index (χ0n) is 17.4. The van der Waals surface area contributed by atoms with Crippen LogP contribution in [0.15, 0.2) is 23.2 Å². The van der Waals surface area contributed by atoms with E-state index < -0.39 is 0 Å². The maximum absolute atomic E-state index is 13.9. The fraction of sp³-hybridized carbons (Fsp3) is 0.600. The zero-order valence-corrected chi connectivity index (χ0v) is 19.7. The molecule has 0 bridgehead atoms. The van der Waals surface area contributed by atoms with Crippen LogP contribution in [0.25, 0.3) is 0 Å². The van der Waals surface area contributed by atoms with Crippen molar-refractivity contribution in [1.82, 2.24) is 15.1 Å². The molecular weight excluding hydrogens is 474 g/mol. The molecule has 158 valence electrons. The van der Waals surface area contributed by atoms with Crippen LogP contribution < -0.4 is 10.1 Å². The first-order chi connectivity index (χ1) is 12.8. The number of amides is 1. The Hall–Kier alpha value is -1.58. The third-order valence-corrected chi connectivity index (χ3v) is 5.21. The fourth-order valence-corrected chi connectivity index (χ4v) is 3.78. The van der Waals surface area contributed by atoms with E-state index in [1.807, 2.05) is 32.1 Å². The van der Waals surface area contributed by atoms with E-state index >= 15 is 0 Å². The molecule has 0 atom stereocenters. The lowest BCUT2D eigenvalue weighted by molar-refractivity contribution is -0.138. The van der Waals surface area contributed by atoms with E-state index in [-0.39, 0.29) is 46.9 Å². The Balaban J connectivity index is 0.00000392. The lowest BCUT2D eigenvalue weighted by Crippen LogP contribution is -2.49. The van der Waals surface area contributed by atoms with Crippen LogP contribution in [-0.2, 0) is 11.3 Å². The van der Waals surface area contributed by atoms with Crippen molar-refractivity contribution in [3.63, 3.8) is 0 Å². The first kappa shape index (κ1) is 24.5. The van der Waals surface area contributed by atoms with Gasteiger partial charge in [0, 0.05) is 41.3 Å². The summed E-state index contributed by atoms with van der Waals surface area (Å²) in [6, 6.07) is 4.92. The quantitative estimate of drug-likeness (QED) is 0.366. The summed E-state index contributed by atoms with van der Waals surface area (Å²) in [7, 11) is 8.67. The molecule has 0 aromatic heterocycles. The number of nitrogens with zero attached hydrogens (tertiary/aromatic N) is 3. The summed E-state index contributed by atoms with van der Waals surface area (Å²) in [5, 5.41) is 3.36. The molecule has 1 aromatic carbocycles. The van der Waals surface area contributed by atoms with E-state index in [4.69, 9.17) is 4.74 Å². The minimum atomic E-state index is -0.382. The molecule has 0 heterocycles. The van der Waals surface area contributed by atoms with Crippen LogP contribution in [0.3, 0.4) is 0 Å². The molecule has 0 spiro atoms. The highest BCUT2D eigenvalue weighted by Crippen LogP contribution is 2.39. The number of nitrogens with one attached hydrogen (secondary N) is 1. The highest BCUT2D eigenvalue weighted by Gasteiger charge is 2.42. The lowest BCUT2D eigenvalue weighted by Gasteiger charge is -2.32. The number of guanidine groups is 1. The molecule has 1 N–H and O–H groups in total. The van der Waals surface area contributed by atoms with Gasteiger partial charge in [0.05, 0.1) is 12.5 Å². The molecule has 1 aliphatic rings. The summed E-state index contributed by atoms with van der Waals surface area (Å²) in [5.74, 6) is 0.703. The Labute approximate surface area is 184 Å². The highest BCUT2D eigenvalue weighted by atomic mass is 127. The number of methoxy groups -OCH3 is 1. The fourth-order valence-electron chi connectivity index (χ4n) is 3.78. The summed E-state index contributed by atoms with van der Waals surface area (Å²) in [4.78, 5) is 20.6. The minimum absolute atomic E-state index is 0. The molecule has 1 aromatic rings. The Kier molecular flexibility index (Phi) is 9.46. The maximum atomic E-state index is 13.9. The third kappa shape index (κ3) is 5.71. The van der Waals surface area contributed by atoms with E-state index in [1.165, 1.54) is 13.2 Å². The molecule has 1 amide bonds. The predicted octanol–water partition coefficient (Wildman–Crippen LogP) is 3.11. The molecule has 28 heavy (non-hydrogen) atoms. The minimum Gasteiger partial charge on any atom is -0.494 e. The SMILES string of the molecule is CN=C(NCC1(C(=O)N(C)C)CCCC1)N(C)Cc1ccc(OC)c(F)c1.I. The van der Waals surface area contributed by atoms with Crippen molar-refractivity contribution in [2.24, 2.45) is 10.4 Å². The second-order valence-corrected chi connectivity index (χ2v) is 7.41. The topological polar surface area (TPSA) is 57.2 Å². The Morgan fingerprint density at radius 2 is 1.93 bits per heavy atom. The lowest BCUT2D eigenvalue weighted by atomic mass is 9.84. The second-order valence-electron chi connectivity index (χ2n) is 7.41. The Bertz CT molecular complexity index is 691. The molecule has 8 heteroatoms. The molecule has 1 aliphatic carbocycles. The summed E-state index contributed by atoms with van der Waals surface area (Å²) < 4.78 is 18.9. The monoisotopic (exact) mass is 506 g/mol. The van der Waals surface area contributed by atoms with Crippen molar-refractivity contribution in [2.45, 2.75) is 32.2 Å². The summed E-state index contributed by atoms with van der Waals surface area (Å²) in [5.41, 5.74) is 0.450. The van der Waals surface area contributed by atoms with Crippen LogP contribution in [0.5, 0.6) is 5.75 Å².